The molecule has 0 spiro atoms. The van der Waals surface area contributed by atoms with E-state index in [-0.39, 0.29) is 5.91 Å². The summed E-state index contributed by atoms with van der Waals surface area (Å²) >= 11 is 0. The van der Waals surface area contributed by atoms with Crippen LogP contribution in [0.25, 0.3) is 0 Å². The molecule has 0 atom stereocenters. The number of nitrogens with zero attached hydrogens (tertiary/aromatic N) is 1. The van der Waals surface area contributed by atoms with Gasteiger partial charge >= 0.3 is 0 Å². The number of hydrogen-bond acceptors (Lipinski definition) is 3. The molecule has 0 unspecified atom stereocenters. The molecule has 0 radical (unpaired) electrons. The third kappa shape index (κ3) is 4.16. The number of carbonyl (C=O) groups excluding carboxylic acids is 1. The van der Waals surface area contributed by atoms with E-state index in [1.54, 1.807) is 6.07 Å². The largest absolute Gasteiger partial charge is 0.397 e. The standard InChI is InChI=1S/C15H25N3O/c1-5-17-15(19)12-7-8-13(16)14(9-12)18(6-2)10-11(3)4/h7-9,11H,5-6,10,16H2,1-4H3,(H,17,19). The van der Waals surface area contributed by atoms with Crippen molar-refractivity contribution in [1.29, 1.82) is 0 Å². The van der Waals surface area contributed by atoms with Crippen LogP contribution in [0.5, 0.6) is 0 Å². The van der Waals surface area contributed by atoms with Crippen molar-refractivity contribution in [2.24, 2.45) is 5.92 Å². The fourth-order valence-electron chi connectivity index (χ4n) is 2.06. The summed E-state index contributed by atoms with van der Waals surface area (Å²) in [6.45, 7) is 10.8. The Labute approximate surface area is 116 Å². The van der Waals surface area contributed by atoms with E-state index < -0.39 is 0 Å². The predicted octanol–water partition coefficient (Wildman–Crippen LogP) is 2.50. The van der Waals surface area contributed by atoms with Crippen molar-refractivity contribution in [3.63, 3.8) is 0 Å². The van der Waals surface area contributed by atoms with Crippen molar-refractivity contribution in [2.75, 3.05) is 30.3 Å². The third-order valence-electron chi connectivity index (χ3n) is 2.94. The third-order valence-corrected chi connectivity index (χ3v) is 2.94. The molecule has 1 rings (SSSR count). The number of nitrogens with one attached hydrogen (secondary N) is 1. The Hall–Kier alpha value is -1.71. The molecule has 0 aliphatic rings. The van der Waals surface area contributed by atoms with Gasteiger partial charge in [0.25, 0.3) is 5.91 Å². The molecule has 1 aromatic carbocycles. The summed E-state index contributed by atoms with van der Waals surface area (Å²) in [6, 6.07) is 5.46. The molecule has 0 saturated carbocycles. The van der Waals surface area contributed by atoms with Gasteiger partial charge in [0.05, 0.1) is 11.4 Å². The lowest BCUT2D eigenvalue weighted by molar-refractivity contribution is 0.0956. The Morgan fingerprint density at radius 2 is 2.05 bits per heavy atom. The molecule has 0 aliphatic heterocycles. The number of rotatable bonds is 6. The van der Waals surface area contributed by atoms with E-state index >= 15 is 0 Å². The van der Waals surface area contributed by atoms with Gasteiger partial charge in [0.15, 0.2) is 0 Å². The number of nitrogen functional groups attached to an aromatic ring is 1. The van der Waals surface area contributed by atoms with Crippen molar-refractivity contribution < 1.29 is 4.79 Å². The molecule has 0 fully saturated rings. The van der Waals surface area contributed by atoms with Gasteiger partial charge in [-0.05, 0) is 38.0 Å². The van der Waals surface area contributed by atoms with Crippen LogP contribution in [0, 0.1) is 5.92 Å². The second-order valence-electron chi connectivity index (χ2n) is 5.07. The smallest absolute Gasteiger partial charge is 0.251 e. The highest BCUT2D eigenvalue weighted by Crippen LogP contribution is 2.25. The van der Waals surface area contributed by atoms with Gasteiger partial charge in [-0.25, -0.2) is 0 Å². The molecule has 19 heavy (non-hydrogen) atoms. The molecule has 3 N–H and O–H groups in total. The van der Waals surface area contributed by atoms with Crippen LogP contribution in [0.3, 0.4) is 0 Å². The van der Waals surface area contributed by atoms with E-state index in [1.165, 1.54) is 0 Å². The number of carbonyl (C=O) groups is 1. The van der Waals surface area contributed by atoms with E-state index in [1.807, 2.05) is 19.1 Å². The SMILES string of the molecule is CCNC(=O)c1ccc(N)c(N(CC)CC(C)C)c1. The number of hydrogen-bond donors (Lipinski definition) is 2. The summed E-state index contributed by atoms with van der Waals surface area (Å²) in [6.07, 6.45) is 0. The molecule has 1 aromatic rings. The monoisotopic (exact) mass is 263 g/mol. The maximum atomic E-state index is 11.9. The van der Waals surface area contributed by atoms with Crippen LogP contribution >= 0.6 is 0 Å². The summed E-state index contributed by atoms with van der Waals surface area (Å²) < 4.78 is 0. The van der Waals surface area contributed by atoms with E-state index in [0.29, 0.717) is 18.0 Å². The van der Waals surface area contributed by atoms with Gasteiger partial charge < -0.3 is 16.0 Å². The van der Waals surface area contributed by atoms with Crippen molar-refractivity contribution in [3.8, 4) is 0 Å². The van der Waals surface area contributed by atoms with Gasteiger partial charge in [0, 0.05) is 25.2 Å². The molecular weight excluding hydrogens is 238 g/mol. The van der Waals surface area contributed by atoms with Gasteiger partial charge in [-0.1, -0.05) is 13.8 Å². The average molecular weight is 263 g/mol. The summed E-state index contributed by atoms with van der Waals surface area (Å²) in [7, 11) is 0. The zero-order chi connectivity index (χ0) is 14.4. The van der Waals surface area contributed by atoms with E-state index in [2.05, 4.69) is 31.0 Å². The summed E-state index contributed by atoms with van der Waals surface area (Å²) in [4.78, 5) is 14.1. The van der Waals surface area contributed by atoms with Crippen LogP contribution in [0.15, 0.2) is 18.2 Å². The van der Waals surface area contributed by atoms with Crippen molar-refractivity contribution in [1.82, 2.24) is 5.32 Å². The number of benzene rings is 1. The van der Waals surface area contributed by atoms with E-state index in [9.17, 15) is 4.79 Å². The van der Waals surface area contributed by atoms with E-state index in [0.717, 1.165) is 24.5 Å². The van der Waals surface area contributed by atoms with Crippen LogP contribution in [0.1, 0.15) is 38.1 Å². The first-order chi connectivity index (χ1) is 8.99. The molecule has 1 amide bonds. The van der Waals surface area contributed by atoms with Crippen molar-refractivity contribution in [2.45, 2.75) is 27.7 Å². The van der Waals surface area contributed by atoms with Gasteiger partial charge in [-0.15, -0.1) is 0 Å². The molecule has 4 nitrogen and oxygen atoms in total. The molecule has 0 aromatic heterocycles. The molecule has 0 bridgehead atoms. The second kappa shape index (κ2) is 7.02. The highest BCUT2D eigenvalue weighted by molar-refractivity contribution is 5.96. The Kier molecular flexibility index (Phi) is 5.67. The normalized spacial score (nSPS) is 10.6. The topological polar surface area (TPSA) is 58.4 Å². The first-order valence-corrected chi connectivity index (χ1v) is 6.92. The van der Waals surface area contributed by atoms with Crippen molar-refractivity contribution in [3.05, 3.63) is 23.8 Å². The summed E-state index contributed by atoms with van der Waals surface area (Å²) in [5.74, 6) is 0.497. The summed E-state index contributed by atoms with van der Waals surface area (Å²) in [5.41, 5.74) is 8.37. The first kappa shape index (κ1) is 15.3. The van der Waals surface area contributed by atoms with Crippen LogP contribution in [-0.4, -0.2) is 25.5 Å². The summed E-state index contributed by atoms with van der Waals surface area (Å²) in [5, 5.41) is 2.81. The lowest BCUT2D eigenvalue weighted by Crippen LogP contribution is -2.29. The minimum absolute atomic E-state index is 0.0515. The maximum Gasteiger partial charge on any atom is 0.251 e. The maximum absolute atomic E-state index is 11.9. The number of amides is 1. The van der Waals surface area contributed by atoms with E-state index in [4.69, 9.17) is 5.73 Å². The molecular formula is C15H25N3O. The van der Waals surface area contributed by atoms with Crippen LogP contribution in [0.4, 0.5) is 11.4 Å². The van der Waals surface area contributed by atoms with Crippen LogP contribution in [0.2, 0.25) is 0 Å². The minimum Gasteiger partial charge on any atom is -0.397 e. The minimum atomic E-state index is -0.0515. The Morgan fingerprint density at radius 3 is 2.58 bits per heavy atom. The number of anilines is 2. The lowest BCUT2D eigenvalue weighted by Gasteiger charge is -2.27. The van der Waals surface area contributed by atoms with Crippen molar-refractivity contribution >= 4 is 17.3 Å². The second-order valence-corrected chi connectivity index (χ2v) is 5.07. The zero-order valence-corrected chi connectivity index (χ0v) is 12.4. The number of nitrogens with two attached hydrogens (primary N) is 1. The molecule has 0 heterocycles. The fraction of sp³-hybridized carbons (Fsp3) is 0.533. The first-order valence-electron chi connectivity index (χ1n) is 6.92. The lowest BCUT2D eigenvalue weighted by atomic mass is 10.1. The highest BCUT2D eigenvalue weighted by Gasteiger charge is 2.13. The Bertz CT molecular complexity index is 429. The Morgan fingerprint density at radius 1 is 1.37 bits per heavy atom. The highest BCUT2D eigenvalue weighted by atomic mass is 16.1. The predicted molar refractivity (Wildman–Crippen MR) is 81.6 cm³/mol. The zero-order valence-electron chi connectivity index (χ0n) is 12.4. The fourth-order valence-corrected chi connectivity index (χ4v) is 2.06. The molecule has 0 saturated heterocycles. The van der Waals surface area contributed by atoms with Gasteiger partial charge in [-0.3, -0.25) is 4.79 Å². The molecule has 0 aliphatic carbocycles. The quantitative estimate of drug-likeness (QED) is 0.775. The van der Waals surface area contributed by atoms with Crippen LogP contribution in [-0.2, 0) is 0 Å². The Balaban J connectivity index is 3.04. The van der Waals surface area contributed by atoms with Gasteiger partial charge in [-0.2, -0.15) is 0 Å². The molecule has 106 valence electrons. The van der Waals surface area contributed by atoms with Crippen LogP contribution < -0.4 is 16.0 Å². The molecule has 4 heteroatoms. The van der Waals surface area contributed by atoms with Gasteiger partial charge in [0.1, 0.15) is 0 Å². The average Bonchev–Trinajstić information content (AvgIpc) is 2.36. The van der Waals surface area contributed by atoms with Gasteiger partial charge in [0.2, 0.25) is 0 Å².